The Morgan fingerprint density at radius 2 is 2.14 bits per heavy atom. The SMILES string of the molecule is Clc1ccc(CC23CNCC2C3)cc1. The molecule has 2 atom stereocenters. The lowest BCUT2D eigenvalue weighted by Crippen LogP contribution is -2.17. The number of benzene rings is 1. The van der Waals surface area contributed by atoms with E-state index in [0.29, 0.717) is 5.41 Å². The number of hydrogen-bond donors (Lipinski definition) is 1. The van der Waals surface area contributed by atoms with Crippen molar-refractivity contribution in [1.29, 1.82) is 0 Å². The van der Waals surface area contributed by atoms with Crippen LogP contribution in [-0.2, 0) is 6.42 Å². The van der Waals surface area contributed by atoms with Gasteiger partial charge in [0.1, 0.15) is 0 Å². The minimum atomic E-state index is 0.605. The molecule has 0 radical (unpaired) electrons. The lowest BCUT2D eigenvalue weighted by atomic mass is 9.96. The first-order valence-corrected chi connectivity index (χ1v) is 5.61. The van der Waals surface area contributed by atoms with Gasteiger partial charge in [-0.3, -0.25) is 0 Å². The van der Waals surface area contributed by atoms with Gasteiger partial charge in [0.15, 0.2) is 0 Å². The minimum absolute atomic E-state index is 0.605. The third kappa shape index (κ3) is 1.35. The van der Waals surface area contributed by atoms with Crippen molar-refractivity contribution in [3.63, 3.8) is 0 Å². The molecule has 1 aromatic carbocycles. The molecule has 2 fully saturated rings. The molecule has 1 nitrogen and oxygen atoms in total. The van der Waals surface area contributed by atoms with Gasteiger partial charge in [0.2, 0.25) is 0 Å². The molecule has 2 unspecified atom stereocenters. The van der Waals surface area contributed by atoms with E-state index in [1.807, 2.05) is 12.1 Å². The Morgan fingerprint density at radius 1 is 1.36 bits per heavy atom. The molecule has 3 rings (SSSR count). The van der Waals surface area contributed by atoms with E-state index in [1.54, 1.807) is 0 Å². The summed E-state index contributed by atoms with van der Waals surface area (Å²) < 4.78 is 0. The minimum Gasteiger partial charge on any atom is -0.316 e. The zero-order chi connectivity index (χ0) is 9.60. The van der Waals surface area contributed by atoms with E-state index in [-0.39, 0.29) is 0 Å². The summed E-state index contributed by atoms with van der Waals surface area (Å²) in [4.78, 5) is 0. The van der Waals surface area contributed by atoms with Gasteiger partial charge < -0.3 is 5.32 Å². The number of piperidine rings is 1. The average Bonchev–Trinajstić information content (AvgIpc) is 2.72. The van der Waals surface area contributed by atoms with Gasteiger partial charge in [-0.05, 0) is 48.4 Å². The predicted molar refractivity (Wildman–Crippen MR) is 58.6 cm³/mol. The van der Waals surface area contributed by atoms with Gasteiger partial charge in [0.25, 0.3) is 0 Å². The van der Waals surface area contributed by atoms with Gasteiger partial charge >= 0.3 is 0 Å². The lowest BCUT2D eigenvalue weighted by molar-refractivity contribution is 0.512. The second kappa shape index (κ2) is 2.98. The molecular weight excluding hydrogens is 194 g/mol. The van der Waals surface area contributed by atoms with Crippen molar-refractivity contribution in [3.05, 3.63) is 34.9 Å². The molecule has 1 saturated carbocycles. The Kier molecular flexibility index (Phi) is 1.86. The topological polar surface area (TPSA) is 12.0 Å². The van der Waals surface area contributed by atoms with Crippen LogP contribution in [0.25, 0.3) is 0 Å². The van der Waals surface area contributed by atoms with Gasteiger partial charge in [0.05, 0.1) is 0 Å². The molecule has 0 aromatic heterocycles. The normalized spacial score (nSPS) is 34.2. The van der Waals surface area contributed by atoms with Crippen molar-refractivity contribution in [3.8, 4) is 0 Å². The molecule has 0 spiro atoms. The fraction of sp³-hybridized carbons (Fsp3) is 0.500. The van der Waals surface area contributed by atoms with Crippen molar-refractivity contribution in [2.45, 2.75) is 12.8 Å². The van der Waals surface area contributed by atoms with E-state index < -0.39 is 0 Å². The molecule has 1 aliphatic carbocycles. The molecule has 1 heterocycles. The van der Waals surface area contributed by atoms with Gasteiger partial charge in [-0.1, -0.05) is 23.7 Å². The molecule has 1 saturated heterocycles. The van der Waals surface area contributed by atoms with Crippen LogP contribution < -0.4 is 5.32 Å². The molecule has 0 amide bonds. The summed E-state index contributed by atoms with van der Waals surface area (Å²) in [5.41, 5.74) is 2.04. The van der Waals surface area contributed by atoms with Gasteiger partial charge in [-0.15, -0.1) is 0 Å². The fourth-order valence-electron chi connectivity index (χ4n) is 2.72. The quantitative estimate of drug-likeness (QED) is 0.786. The predicted octanol–water partition coefficient (Wildman–Crippen LogP) is 2.49. The van der Waals surface area contributed by atoms with E-state index in [2.05, 4.69) is 17.4 Å². The van der Waals surface area contributed by atoms with E-state index >= 15 is 0 Å². The fourth-order valence-corrected chi connectivity index (χ4v) is 2.85. The van der Waals surface area contributed by atoms with Crippen molar-refractivity contribution in [2.75, 3.05) is 13.1 Å². The summed E-state index contributed by atoms with van der Waals surface area (Å²) in [5.74, 6) is 0.943. The van der Waals surface area contributed by atoms with Gasteiger partial charge in [-0.25, -0.2) is 0 Å². The Labute approximate surface area is 89.5 Å². The van der Waals surface area contributed by atoms with Crippen LogP contribution in [0.5, 0.6) is 0 Å². The Bertz CT molecular complexity index is 346. The highest BCUT2D eigenvalue weighted by molar-refractivity contribution is 6.30. The zero-order valence-corrected chi connectivity index (χ0v) is 8.85. The van der Waals surface area contributed by atoms with E-state index in [4.69, 9.17) is 11.6 Å². The van der Waals surface area contributed by atoms with Crippen molar-refractivity contribution in [1.82, 2.24) is 5.32 Å². The Balaban J connectivity index is 1.76. The number of halogens is 1. The van der Waals surface area contributed by atoms with Crippen LogP contribution in [0.4, 0.5) is 0 Å². The zero-order valence-electron chi connectivity index (χ0n) is 8.09. The van der Waals surface area contributed by atoms with Crippen LogP contribution >= 0.6 is 11.6 Å². The summed E-state index contributed by atoms with van der Waals surface area (Å²) in [7, 11) is 0. The first-order chi connectivity index (χ1) is 6.78. The van der Waals surface area contributed by atoms with E-state index in [9.17, 15) is 0 Å². The highest BCUT2D eigenvalue weighted by atomic mass is 35.5. The third-order valence-corrected chi connectivity index (χ3v) is 3.95. The molecule has 2 aliphatic rings. The first kappa shape index (κ1) is 8.75. The molecule has 0 bridgehead atoms. The Morgan fingerprint density at radius 3 is 2.71 bits per heavy atom. The second-order valence-corrected chi connectivity index (χ2v) is 5.13. The van der Waals surface area contributed by atoms with Crippen molar-refractivity contribution >= 4 is 11.6 Å². The maximum absolute atomic E-state index is 5.86. The monoisotopic (exact) mass is 207 g/mol. The number of fused-ring (bicyclic) bond motifs is 1. The third-order valence-electron chi connectivity index (χ3n) is 3.70. The average molecular weight is 208 g/mol. The number of nitrogens with one attached hydrogen (secondary N) is 1. The molecule has 14 heavy (non-hydrogen) atoms. The van der Waals surface area contributed by atoms with E-state index in [1.165, 1.54) is 31.5 Å². The Hall–Kier alpha value is -0.530. The maximum atomic E-state index is 5.86. The van der Waals surface area contributed by atoms with Crippen molar-refractivity contribution < 1.29 is 0 Å². The molecule has 1 aliphatic heterocycles. The van der Waals surface area contributed by atoms with Crippen LogP contribution in [-0.4, -0.2) is 13.1 Å². The lowest BCUT2D eigenvalue weighted by Gasteiger charge is -2.11. The number of rotatable bonds is 2. The summed E-state index contributed by atoms with van der Waals surface area (Å²) in [6.07, 6.45) is 2.64. The summed E-state index contributed by atoms with van der Waals surface area (Å²) in [6.45, 7) is 2.44. The van der Waals surface area contributed by atoms with Gasteiger partial charge in [0, 0.05) is 11.6 Å². The molecular formula is C12H14ClN. The summed E-state index contributed by atoms with van der Waals surface area (Å²) >= 11 is 5.86. The molecule has 1 N–H and O–H groups in total. The molecule has 74 valence electrons. The van der Waals surface area contributed by atoms with Gasteiger partial charge in [-0.2, -0.15) is 0 Å². The highest BCUT2D eigenvalue weighted by Crippen LogP contribution is 2.56. The first-order valence-electron chi connectivity index (χ1n) is 5.24. The maximum Gasteiger partial charge on any atom is 0.0406 e. The number of hydrogen-bond acceptors (Lipinski definition) is 1. The standard InChI is InChI=1S/C12H14ClN/c13-11-3-1-9(2-4-11)5-12-6-10(12)7-14-8-12/h1-4,10,14H,5-8H2. The molecule has 2 heteroatoms. The van der Waals surface area contributed by atoms with E-state index in [0.717, 1.165) is 10.9 Å². The van der Waals surface area contributed by atoms with Crippen LogP contribution in [0.3, 0.4) is 0 Å². The highest BCUT2D eigenvalue weighted by Gasteiger charge is 2.56. The van der Waals surface area contributed by atoms with Crippen LogP contribution in [0.1, 0.15) is 12.0 Å². The van der Waals surface area contributed by atoms with Crippen LogP contribution in [0.15, 0.2) is 24.3 Å². The molecule has 1 aromatic rings. The smallest absolute Gasteiger partial charge is 0.0406 e. The van der Waals surface area contributed by atoms with Crippen molar-refractivity contribution in [2.24, 2.45) is 11.3 Å². The van der Waals surface area contributed by atoms with Crippen LogP contribution in [0, 0.1) is 11.3 Å². The summed E-state index contributed by atoms with van der Waals surface area (Å²) in [5, 5.41) is 4.30. The summed E-state index contributed by atoms with van der Waals surface area (Å²) in [6, 6.07) is 8.30. The van der Waals surface area contributed by atoms with Crippen LogP contribution in [0.2, 0.25) is 5.02 Å². The second-order valence-electron chi connectivity index (χ2n) is 4.70. The largest absolute Gasteiger partial charge is 0.316 e.